The fraction of sp³-hybridized carbons (Fsp3) is 0.508. The van der Waals surface area contributed by atoms with Crippen LogP contribution >= 0.6 is 0 Å². The fourth-order valence-corrected chi connectivity index (χ4v) is 15.0. The van der Waals surface area contributed by atoms with Gasteiger partial charge in [-0.3, -0.25) is 34.0 Å². The molecule has 8 heterocycles. The number of amides is 3. The first-order valence-electron chi connectivity index (χ1n) is 28.5. The van der Waals surface area contributed by atoms with Gasteiger partial charge in [0.2, 0.25) is 31.3 Å². The van der Waals surface area contributed by atoms with Gasteiger partial charge in [-0.25, -0.2) is 0 Å². The van der Waals surface area contributed by atoms with Gasteiger partial charge in [0.1, 0.15) is 41.1 Å². The van der Waals surface area contributed by atoms with Crippen molar-refractivity contribution in [1.82, 2.24) is 35.6 Å². The van der Waals surface area contributed by atoms with Crippen LogP contribution < -0.4 is 40.6 Å². The molecular formula is C63H78Ac2N10O11. The molecule has 2 fully saturated rings. The summed E-state index contributed by atoms with van der Waals surface area (Å²) in [6.45, 7) is 16.7. The molecule has 23 heteroatoms. The second kappa shape index (κ2) is 25.9. The molecule has 86 heavy (non-hydrogen) atoms. The average molecular weight is 1610 g/mol. The molecule has 0 aromatic heterocycles. The Morgan fingerprint density at radius 2 is 1.02 bits per heavy atom. The van der Waals surface area contributed by atoms with Crippen LogP contribution in [0, 0.1) is 152 Å². The van der Waals surface area contributed by atoms with Crippen molar-refractivity contribution >= 4 is 17.7 Å². The number of nitrogens with two attached hydrogens (primary N) is 1. The standard InChI is InChI=1S/C33H39N5O6.C29H35N5O5.CH4.2Ac/c1-7-8-25(39)36-18(5)33(42)35-13-24-27-20(29(40)17(4)31-32(27)44-14-43-31)11-22-28-26-19(9-15(2)16(3)30(26)41)10-21(37(28)6)23(12-34)38(22)24;1-12-6-16-7-18-20(9-30)34-19(24(33(18)5)22(16)26(36)13(12)2)8-17-23(21(34)10-32-29(37)15(4)31)28-27(38-11-39-28)14(3)25(17)35;;;/h7-9,18,21-24,28,40-41H,10-11,13-14H2,1-6H3,(H,35,42)(H,36,39);6,15,18-21,24,35-36H,7-8,10-11,31H2,1-5H3,(H,32,37);1H4;;/b8-7+;;;;/t18-,21-,22?,23-,24-,28-;15-,18-,19?,20-,21-,24-;;;/m00.../s1. The van der Waals surface area contributed by atoms with Crippen LogP contribution in [0.2, 0.25) is 0 Å². The van der Waals surface area contributed by atoms with Gasteiger partial charge in [-0.05, 0) is 142 Å². The van der Waals surface area contributed by atoms with Gasteiger partial charge in [0.05, 0.1) is 42.3 Å². The zero-order valence-electron chi connectivity index (χ0n) is 50.0. The molecule has 21 nitrogen and oxygen atoms in total. The topological polar surface area (TPSA) is 292 Å². The van der Waals surface area contributed by atoms with Crippen molar-refractivity contribution in [2.45, 2.75) is 168 Å². The van der Waals surface area contributed by atoms with E-state index in [1.54, 1.807) is 40.7 Å². The molecule has 0 saturated carbocycles. The Balaban J connectivity index is 0.000000217. The second-order valence-electron chi connectivity index (χ2n) is 23.7. The van der Waals surface area contributed by atoms with Crippen molar-refractivity contribution in [3.8, 4) is 58.1 Å². The number of phenols is 4. The number of nitrogens with one attached hydrogen (secondary N) is 3. The Morgan fingerprint density at radius 3 is 1.41 bits per heavy atom. The van der Waals surface area contributed by atoms with Crippen LogP contribution in [0.1, 0.15) is 130 Å². The number of carbonyl (C=O) groups excluding carboxylic acids is 3. The number of piperazine rings is 2. The Kier molecular flexibility index (Phi) is 20.2. The Morgan fingerprint density at radius 1 is 0.628 bits per heavy atom. The minimum absolute atomic E-state index is 0. The number of nitriles is 2. The number of allylic oxidation sites excluding steroid dienone is 1. The number of nitrogens with zero attached hydrogens (tertiary/aromatic N) is 6. The van der Waals surface area contributed by atoms with Gasteiger partial charge in [0.15, 0.2) is 23.0 Å². The van der Waals surface area contributed by atoms with Crippen molar-refractivity contribution in [3.05, 3.63) is 102 Å². The first-order valence-corrected chi connectivity index (χ1v) is 28.5. The van der Waals surface area contributed by atoms with Gasteiger partial charge in [-0.2, -0.15) is 10.5 Å². The van der Waals surface area contributed by atoms with E-state index in [0.717, 1.165) is 55.6 Å². The fourth-order valence-electron chi connectivity index (χ4n) is 15.0. The van der Waals surface area contributed by atoms with Gasteiger partial charge in [0, 0.05) is 170 Å². The number of fused-ring (bicyclic) bond motifs is 18. The minimum atomic E-state index is -0.803. The molecule has 3 amide bonds. The van der Waals surface area contributed by atoms with Gasteiger partial charge >= 0.3 is 0 Å². The van der Waals surface area contributed by atoms with Gasteiger partial charge in [-0.15, -0.1) is 0 Å². The summed E-state index contributed by atoms with van der Waals surface area (Å²) in [4.78, 5) is 46.7. The molecule has 2 unspecified atom stereocenters. The summed E-state index contributed by atoms with van der Waals surface area (Å²) in [7, 11) is 4.02. The monoisotopic (exact) mass is 1600 g/mol. The quantitative estimate of drug-likeness (QED) is 0.103. The normalized spacial score (nSPS) is 25.8. The Hall–Kier alpha value is -4.91. The summed E-state index contributed by atoms with van der Waals surface area (Å²) in [5.74, 6) is 1.74. The molecule has 0 aliphatic carbocycles. The summed E-state index contributed by atoms with van der Waals surface area (Å²) in [5, 5.41) is 75.9. The number of hydrogen-bond acceptors (Lipinski definition) is 18. The summed E-state index contributed by atoms with van der Waals surface area (Å²) in [5.41, 5.74) is 17.4. The molecule has 4 aromatic rings. The zero-order chi connectivity index (χ0) is 59.5. The number of likely N-dealkylation sites (N-methyl/N-ethyl adjacent to an activating group) is 2. The number of benzene rings is 4. The van der Waals surface area contributed by atoms with Crippen LogP contribution in [0.15, 0.2) is 24.3 Å². The predicted molar refractivity (Wildman–Crippen MR) is 311 cm³/mol. The largest absolute Gasteiger partial charge is 0.507 e. The SMILES string of the molecule is C.C/C=C/C(=O)N[C@@H](C)C(=O)NC[C@H]1c2c(c(O)c(C)c3c2OCO3)CC2[C@H]3c4c(cc(C)c(C)c4O)C[C@@H]([C@H](C#N)N21)N3C.Cc1cc2c(c(O)c1C)[C@@H]1C3Cc4c(O)c(C)c5c(c4[C@H](CNC(=O)[C@H](C)N)N3[C@@H](C#N)[C@H](C2)N1C)OCO5.[Ac].[Ac]. The molecule has 2 radical (unpaired) electrons. The average Bonchev–Trinajstić information content (AvgIpc) is 0.955. The van der Waals surface area contributed by atoms with Crippen molar-refractivity contribution < 1.29 is 142 Å². The molecule has 8 aliphatic heterocycles. The third-order valence-corrected chi connectivity index (χ3v) is 19.3. The van der Waals surface area contributed by atoms with E-state index in [1.807, 2.05) is 41.8 Å². The number of aryl methyl sites for hydroxylation is 2. The van der Waals surface area contributed by atoms with Crippen molar-refractivity contribution in [1.29, 1.82) is 10.5 Å². The number of phenolic OH excluding ortho intramolecular Hbond substituents is 4. The smallest absolute Gasteiger partial charge is 0.244 e. The van der Waals surface area contributed by atoms with Crippen LogP contribution in [-0.2, 0) is 40.1 Å². The molecule has 9 N–H and O–H groups in total. The predicted octanol–water partition coefficient (Wildman–Crippen LogP) is 5.34. The summed E-state index contributed by atoms with van der Waals surface area (Å²) in [6.07, 6.45) is 4.97. The van der Waals surface area contributed by atoms with Crippen molar-refractivity contribution in [2.75, 3.05) is 40.8 Å². The van der Waals surface area contributed by atoms with Gasteiger partial charge < -0.3 is 61.1 Å². The van der Waals surface area contributed by atoms with Crippen molar-refractivity contribution in [3.63, 3.8) is 0 Å². The molecule has 4 aromatic carbocycles. The van der Waals surface area contributed by atoms with E-state index in [-0.39, 0.29) is 199 Å². The van der Waals surface area contributed by atoms with E-state index in [2.05, 4.69) is 59.8 Å². The van der Waals surface area contributed by atoms with E-state index in [4.69, 9.17) is 24.7 Å². The first-order chi connectivity index (χ1) is 39.6. The first kappa shape index (κ1) is 67.0. The van der Waals surface area contributed by atoms with E-state index >= 15 is 0 Å². The minimum Gasteiger partial charge on any atom is -0.507 e. The second-order valence-corrected chi connectivity index (χ2v) is 23.7. The number of ether oxygens (including phenoxy) is 4. The van der Waals surface area contributed by atoms with Crippen LogP contribution in [0.25, 0.3) is 0 Å². The third-order valence-electron chi connectivity index (χ3n) is 19.3. The van der Waals surface area contributed by atoms with Gasteiger partial charge in [-0.1, -0.05) is 25.6 Å². The maximum absolute atomic E-state index is 13.2. The summed E-state index contributed by atoms with van der Waals surface area (Å²) >= 11 is 0. The molecule has 2 saturated heterocycles. The Labute approximate surface area is 574 Å². The van der Waals surface area contributed by atoms with Gasteiger partial charge in [0.25, 0.3) is 0 Å². The number of rotatable bonds is 8. The maximum atomic E-state index is 13.2. The Bertz CT molecular complexity index is 3530. The van der Waals surface area contributed by atoms with Crippen molar-refractivity contribution in [2.24, 2.45) is 5.73 Å². The van der Waals surface area contributed by atoms with E-state index in [9.17, 15) is 45.3 Å². The number of aromatic hydroxyl groups is 4. The van der Waals surface area contributed by atoms with E-state index in [0.29, 0.717) is 70.9 Å². The summed E-state index contributed by atoms with van der Waals surface area (Å²) in [6, 6.07) is 4.37. The third kappa shape index (κ3) is 10.7. The molecule has 12 atom stereocenters. The van der Waals surface area contributed by atoms with Crippen LogP contribution in [0.5, 0.6) is 46.0 Å². The van der Waals surface area contributed by atoms with Crippen LogP contribution in [0.4, 0.5) is 0 Å². The molecule has 8 aliphatic rings. The zero-order valence-corrected chi connectivity index (χ0v) is 59.4. The molecular weight excluding hydrogens is 1530 g/mol. The molecule has 4 bridgehead atoms. The van der Waals surface area contributed by atoms with Crippen LogP contribution in [0.3, 0.4) is 0 Å². The van der Waals surface area contributed by atoms with Crippen LogP contribution in [-0.4, -0.2) is 147 Å². The van der Waals surface area contributed by atoms with E-state index < -0.39 is 36.3 Å². The maximum Gasteiger partial charge on any atom is 0.244 e. The number of carbonyl (C=O) groups is 3. The summed E-state index contributed by atoms with van der Waals surface area (Å²) < 4.78 is 23.5. The van der Waals surface area contributed by atoms with E-state index in [1.165, 1.54) is 6.08 Å². The molecule has 452 valence electrons. The molecule has 12 rings (SSSR count). The molecule has 0 spiro atoms. The number of hydrogen-bond donors (Lipinski definition) is 8.